The third-order valence-electron chi connectivity index (χ3n) is 10.1. The van der Waals surface area contributed by atoms with Crippen LogP contribution in [0.5, 0.6) is 17.2 Å². The van der Waals surface area contributed by atoms with E-state index in [1.165, 1.54) is 48.6 Å². The number of aromatic hydroxyl groups is 1. The smallest absolute Gasteiger partial charge is 0.223 e. The summed E-state index contributed by atoms with van der Waals surface area (Å²) in [4.78, 5) is 24.8. The van der Waals surface area contributed by atoms with Gasteiger partial charge in [-0.1, -0.05) is 64.4 Å². The van der Waals surface area contributed by atoms with Crippen LogP contribution in [0.1, 0.15) is 76.0 Å². The molecule has 0 bridgehead atoms. The van der Waals surface area contributed by atoms with Crippen LogP contribution in [0.4, 0.5) is 0 Å². The molecule has 1 fully saturated rings. The molecule has 7 heteroatoms. The van der Waals surface area contributed by atoms with Gasteiger partial charge in [0, 0.05) is 5.41 Å². The number of ether oxygens (including phenoxy) is 2. The van der Waals surface area contributed by atoms with Gasteiger partial charge in [-0.2, -0.15) is 0 Å². The maximum Gasteiger partial charge on any atom is 0.223 e. The summed E-state index contributed by atoms with van der Waals surface area (Å²) in [5.41, 5.74) is 11.2. The van der Waals surface area contributed by atoms with Crippen LogP contribution >= 0.6 is 0 Å². The standard InChI is InChI=1S/C20H29NO.C17H14O5/c1-13(2)14-6-8-16-15(12-14)7-9-17-19(16,3)10-5-11-20(17,4)18(21)22;1-20-11-5-3-10(4-6-11)13-9-22-16-12(15(13)19)7-8-14(18)17(16)21-2/h6,8,12-13,17H,5,7,9-11H2,1-4H3,(H2,21,22);3-9,18H,1-2H3. The van der Waals surface area contributed by atoms with Crippen LogP contribution in [-0.2, 0) is 16.6 Å². The quantitative estimate of drug-likeness (QED) is 0.247. The van der Waals surface area contributed by atoms with Crippen molar-refractivity contribution in [1.29, 1.82) is 0 Å². The van der Waals surface area contributed by atoms with Crippen LogP contribution in [0.15, 0.2) is 70.1 Å². The number of carbonyl (C=O) groups is 1. The predicted molar refractivity (Wildman–Crippen MR) is 174 cm³/mol. The molecule has 44 heavy (non-hydrogen) atoms. The third-order valence-corrected chi connectivity index (χ3v) is 10.1. The molecule has 0 saturated heterocycles. The highest BCUT2D eigenvalue weighted by molar-refractivity contribution is 5.88. The largest absolute Gasteiger partial charge is 0.504 e. The van der Waals surface area contributed by atoms with E-state index >= 15 is 0 Å². The zero-order chi connectivity index (χ0) is 31.8. The lowest BCUT2D eigenvalue weighted by Crippen LogP contribution is -2.54. The Bertz CT molecular complexity index is 1740. The lowest BCUT2D eigenvalue weighted by molar-refractivity contribution is -0.135. The second-order valence-electron chi connectivity index (χ2n) is 12.9. The van der Waals surface area contributed by atoms with Crippen molar-refractivity contribution in [3.63, 3.8) is 0 Å². The Labute approximate surface area is 259 Å². The van der Waals surface area contributed by atoms with Gasteiger partial charge in [0.1, 0.15) is 12.0 Å². The van der Waals surface area contributed by atoms with Gasteiger partial charge in [0.2, 0.25) is 17.1 Å². The SMILES string of the molecule is CC(C)c1ccc2c(c1)CCC1C(C)(C(N)=O)CCCC21C.COc1ccc(-c2coc3c(OC)c(O)ccc3c2=O)cc1. The van der Waals surface area contributed by atoms with E-state index in [2.05, 4.69) is 45.9 Å². The van der Waals surface area contributed by atoms with E-state index in [1.54, 1.807) is 31.4 Å². The topological polar surface area (TPSA) is 112 Å². The maximum absolute atomic E-state index is 12.6. The molecule has 2 aliphatic rings. The number of methoxy groups -OCH3 is 2. The van der Waals surface area contributed by atoms with E-state index in [0.29, 0.717) is 28.5 Å². The number of aryl methyl sites for hydroxylation is 1. The van der Waals surface area contributed by atoms with Crippen LogP contribution in [0.3, 0.4) is 0 Å². The Morgan fingerprint density at radius 3 is 2.39 bits per heavy atom. The first-order valence-corrected chi connectivity index (χ1v) is 15.3. The average molecular weight is 598 g/mol. The van der Waals surface area contributed by atoms with Gasteiger partial charge in [-0.05, 0) is 89.5 Å². The molecular formula is C37H43NO6. The lowest BCUT2D eigenvalue weighted by Gasteiger charge is -2.54. The van der Waals surface area contributed by atoms with Gasteiger partial charge in [0.25, 0.3) is 0 Å². The Hall–Kier alpha value is -4.26. The second-order valence-corrected chi connectivity index (χ2v) is 12.9. The fraction of sp³-hybridized carbons (Fsp3) is 0.405. The fourth-order valence-corrected chi connectivity index (χ4v) is 7.50. The Morgan fingerprint density at radius 1 is 1.02 bits per heavy atom. The molecule has 7 nitrogen and oxygen atoms in total. The van der Waals surface area contributed by atoms with Crippen LogP contribution in [0.25, 0.3) is 22.1 Å². The summed E-state index contributed by atoms with van der Waals surface area (Å²) in [5.74, 6) is 1.62. The number of carbonyl (C=O) groups excluding carboxylic acids is 1. The van der Waals surface area contributed by atoms with Crippen molar-refractivity contribution in [3.05, 3.63) is 87.8 Å². The minimum absolute atomic E-state index is 0.0738. The Kier molecular flexibility index (Phi) is 8.52. The molecule has 4 aromatic rings. The lowest BCUT2D eigenvalue weighted by atomic mass is 9.49. The normalized spacial score (nSPS) is 22.4. The zero-order valence-corrected chi connectivity index (χ0v) is 26.5. The number of amides is 1. The van der Waals surface area contributed by atoms with E-state index in [4.69, 9.17) is 19.6 Å². The first kappa shape index (κ1) is 31.2. The van der Waals surface area contributed by atoms with Crippen molar-refractivity contribution in [2.45, 2.75) is 71.1 Å². The molecule has 0 radical (unpaired) electrons. The monoisotopic (exact) mass is 597 g/mol. The predicted octanol–water partition coefficient (Wildman–Crippen LogP) is 7.49. The van der Waals surface area contributed by atoms with Gasteiger partial charge in [0.05, 0.1) is 25.2 Å². The van der Waals surface area contributed by atoms with Crippen molar-refractivity contribution in [2.75, 3.05) is 14.2 Å². The highest BCUT2D eigenvalue weighted by Gasteiger charge is 2.54. The molecule has 1 saturated carbocycles. The number of hydrogen-bond donors (Lipinski definition) is 2. The van der Waals surface area contributed by atoms with E-state index < -0.39 is 0 Å². The molecule has 0 aliphatic heterocycles. The minimum Gasteiger partial charge on any atom is -0.504 e. The zero-order valence-electron chi connectivity index (χ0n) is 26.5. The van der Waals surface area contributed by atoms with Crippen molar-refractivity contribution >= 4 is 16.9 Å². The van der Waals surface area contributed by atoms with Crippen LogP contribution in [0, 0.1) is 11.3 Å². The highest BCUT2D eigenvalue weighted by Crippen LogP contribution is 2.57. The molecule has 3 aromatic carbocycles. The van der Waals surface area contributed by atoms with Gasteiger partial charge >= 0.3 is 0 Å². The molecule has 2 aliphatic carbocycles. The Morgan fingerprint density at radius 2 is 1.75 bits per heavy atom. The average Bonchev–Trinajstić information content (AvgIpc) is 3.01. The maximum atomic E-state index is 12.6. The summed E-state index contributed by atoms with van der Waals surface area (Å²) in [5, 5.41) is 10.1. The number of phenolic OH excluding ortho intramolecular Hbond substituents is 1. The first-order valence-electron chi connectivity index (χ1n) is 15.3. The molecule has 232 valence electrons. The number of phenols is 1. The number of fused-ring (bicyclic) bond motifs is 4. The number of hydrogen-bond acceptors (Lipinski definition) is 6. The Balaban J connectivity index is 0.000000175. The fourth-order valence-electron chi connectivity index (χ4n) is 7.50. The van der Waals surface area contributed by atoms with E-state index in [-0.39, 0.29) is 39.2 Å². The molecule has 3 atom stereocenters. The first-order chi connectivity index (χ1) is 20.9. The van der Waals surface area contributed by atoms with E-state index in [0.717, 1.165) is 31.2 Å². The summed E-state index contributed by atoms with van der Waals surface area (Å²) >= 11 is 0. The molecule has 1 heterocycles. The number of rotatable bonds is 5. The summed E-state index contributed by atoms with van der Waals surface area (Å²) in [6.07, 6.45) is 6.76. The van der Waals surface area contributed by atoms with E-state index in [9.17, 15) is 14.7 Å². The highest BCUT2D eigenvalue weighted by atomic mass is 16.5. The van der Waals surface area contributed by atoms with Gasteiger partial charge in [-0.25, -0.2) is 0 Å². The van der Waals surface area contributed by atoms with Gasteiger partial charge in [-0.3, -0.25) is 9.59 Å². The van der Waals surface area contributed by atoms with Crippen LogP contribution in [0.2, 0.25) is 0 Å². The van der Waals surface area contributed by atoms with Crippen LogP contribution in [-0.4, -0.2) is 25.2 Å². The number of nitrogens with two attached hydrogens (primary N) is 1. The molecule has 1 amide bonds. The van der Waals surface area contributed by atoms with E-state index in [1.807, 2.05) is 0 Å². The van der Waals surface area contributed by atoms with Crippen LogP contribution < -0.4 is 20.6 Å². The number of primary amides is 1. The molecule has 3 unspecified atom stereocenters. The molecule has 3 N–H and O–H groups in total. The van der Waals surface area contributed by atoms with Crippen molar-refractivity contribution in [2.24, 2.45) is 17.1 Å². The summed E-state index contributed by atoms with van der Waals surface area (Å²) in [6, 6.07) is 17.1. The van der Waals surface area contributed by atoms with Gasteiger partial charge < -0.3 is 24.7 Å². The van der Waals surface area contributed by atoms with Gasteiger partial charge in [-0.15, -0.1) is 0 Å². The second kappa shape index (κ2) is 12.0. The summed E-state index contributed by atoms with van der Waals surface area (Å²) < 4.78 is 15.7. The molecule has 0 spiro atoms. The third kappa shape index (κ3) is 5.33. The minimum atomic E-state index is -0.346. The summed E-state index contributed by atoms with van der Waals surface area (Å²) in [6.45, 7) is 8.97. The van der Waals surface area contributed by atoms with Crippen molar-refractivity contribution in [1.82, 2.24) is 0 Å². The van der Waals surface area contributed by atoms with Crippen molar-refractivity contribution < 1.29 is 23.8 Å². The molecule has 6 rings (SSSR count). The van der Waals surface area contributed by atoms with Crippen molar-refractivity contribution in [3.8, 4) is 28.4 Å². The summed E-state index contributed by atoms with van der Waals surface area (Å²) in [7, 11) is 2.99. The number of benzene rings is 3. The molecular weight excluding hydrogens is 554 g/mol. The van der Waals surface area contributed by atoms with Gasteiger partial charge in [0.15, 0.2) is 11.3 Å². The molecule has 1 aromatic heterocycles.